The Bertz CT molecular complexity index is 591. The van der Waals surface area contributed by atoms with Crippen molar-refractivity contribution >= 4 is 11.8 Å². The molecule has 1 aromatic rings. The highest BCUT2D eigenvalue weighted by atomic mass is 16.6. The first-order valence-corrected chi connectivity index (χ1v) is 10.6. The molecule has 5 heteroatoms. The number of hydrogen-bond donors (Lipinski definition) is 1. The third-order valence-corrected chi connectivity index (χ3v) is 5.68. The lowest BCUT2D eigenvalue weighted by Gasteiger charge is -2.21. The van der Waals surface area contributed by atoms with E-state index in [-0.39, 0.29) is 11.8 Å². The number of fused-ring (bicyclic) bond motifs is 1. The SMILES string of the molecule is O=C1c2ccccc2C(=O)N1CCCCCCCNOCC1CCCCC1. The van der Waals surface area contributed by atoms with E-state index >= 15 is 0 Å². The van der Waals surface area contributed by atoms with Crippen LogP contribution in [0.4, 0.5) is 0 Å². The highest BCUT2D eigenvalue weighted by molar-refractivity contribution is 6.21. The van der Waals surface area contributed by atoms with Crippen LogP contribution in [0, 0.1) is 5.92 Å². The van der Waals surface area contributed by atoms with Gasteiger partial charge in [-0.25, -0.2) is 5.48 Å². The fourth-order valence-corrected chi connectivity index (χ4v) is 4.04. The Morgan fingerprint density at radius 2 is 1.52 bits per heavy atom. The quantitative estimate of drug-likeness (QED) is 0.357. The summed E-state index contributed by atoms with van der Waals surface area (Å²) in [5.41, 5.74) is 4.18. The van der Waals surface area contributed by atoms with Gasteiger partial charge in [-0.15, -0.1) is 0 Å². The van der Waals surface area contributed by atoms with Crippen LogP contribution in [0.5, 0.6) is 0 Å². The van der Waals surface area contributed by atoms with Crippen LogP contribution in [0.3, 0.4) is 0 Å². The number of carbonyl (C=O) groups is 2. The van der Waals surface area contributed by atoms with Gasteiger partial charge < -0.3 is 4.84 Å². The second-order valence-electron chi connectivity index (χ2n) is 7.78. The molecule has 27 heavy (non-hydrogen) atoms. The zero-order chi connectivity index (χ0) is 18.9. The van der Waals surface area contributed by atoms with Gasteiger partial charge in [-0.05, 0) is 43.7 Å². The summed E-state index contributed by atoms with van der Waals surface area (Å²) < 4.78 is 0. The second kappa shape index (κ2) is 10.6. The number of amides is 2. The van der Waals surface area contributed by atoms with Crippen LogP contribution in [0.2, 0.25) is 0 Å². The number of benzene rings is 1. The van der Waals surface area contributed by atoms with Gasteiger partial charge in [0.2, 0.25) is 0 Å². The van der Waals surface area contributed by atoms with Gasteiger partial charge in [-0.1, -0.05) is 50.7 Å². The van der Waals surface area contributed by atoms with Crippen molar-refractivity contribution in [2.24, 2.45) is 5.92 Å². The molecule has 0 spiro atoms. The maximum atomic E-state index is 12.3. The summed E-state index contributed by atoms with van der Waals surface area (Å²) >= 11 is 0. The van der Waals surface area contributed by atoms with E-state index in [0.717, 1.165) is 51.2 Å². The molecule has 0 bridgehead atoms. The molecule has 2 amide bonds. The van der Waals surface area contributed by atoms with Crippen molar-refractivity contribution in [2.75, 3.05) is 19.7 Å². The van der Waals surface area contributed by atoms with Gasteiger partial charge in [0.25, 0.3) is 11.8 Å². The predicted octanol–water partition coefficient (Wildman–Crippen LogP) is 4.33. The Morgan fingerprint density at radius 1 is 0.889 bits per heavy atom. The van der Waals surface area contributed by atoms with E-state index in [1.807, 2.05) is 0 Å². The van der Waals surface area contributed by atoms with E-state index in [9.17, 15) is 9.59 Å². The minimum absolute atomic E-state index is 0.144. The Labute approximate surface area is 162 Å². The van der Waals surface area contributed by atoms with Crippen LogP contribution in [0.25, 0.3) is 0 Å². The molecule has 1 N–H and O–H groups in total. The molecular formula is C22H32N2O3. The first-order valence-electron chi connectivity index (χ1n) is 10.6. The van der Waals surface area contributed by atoms with Crippen LogP contribution in [-0.2, 0) is 4.84 Å². The molecule has 1 aliphatic carbocycles. The molecule has 1 fully saturated rings. The van der Waals surface area contributed by atoms with E-state index in [2.05, 4.69) is 5.48 Å². The highest BCUT2D eigenvalue weighted by Gasteiger charge is 2.34. The van der Waals surface area contributed by atoms with Crippen molar-refractivity contribution in [1.82, 2.24) is 10.4 Å². The van der Waals surface area contributed by atoms with Crippen molar-refractivity contribution in [1.29, 1.82) is 0 Å². The average molecular weight is 373 g/mol. The Balaban J connectivity index is 1.19. The summed E-state index contributed by atoms with van der Waals surface area (Å²) in [5.74, 6) is 0.457. The number of unbranched alkanes of at least 4 members (excludes halogenated alkanes) is 4. The second-order valence-corrected chi connectivity index (χ2v) is 7.78. The summed E-state index contributed by atoms with van der Waals surface area (Å²) in [6.45, 7) is 2.26. The van der Waals surface area contributed by atoms with Crippen molar-refractivity contribution in [3.8, 4) is 0 Å². The fraction of sp³-hybridized carbons (Fsp3) is 0.636. The lowest BCUT2D eigenvalue weighted by Crippen LogP contribution is -2.30. The third kappa shape index (κ3) is 5.63. The Kier molecular flexibility index (Phi) is 7.84. The topological polar surface area (TPSA) is 58.6 Å². The van der Waals surface area contributed by atoms with Crippen molar-refractivity contribution in [3.63, 3.8) is 0 Å². The van der Waals surface area contributed by atoms with Gasteiger partial charge in [0.1, 0.15) is 0 Å². The van der Waals surface area contributed by atoms with Gasteiger partial charge in [-0.3, -0.25) is 14.5 Å². The minimum atomic E-state index is -0.144. The third-order valence-electron chi connectivity index (χ3n) is 5.68. The van der Waals surface area contributed by atoms with Crippen molar-refractivity contribution in [3.05, 3.63) is 35.4 Å². The smallest absolute Gasteiger partial charge is 0.261 e. The number of imide groups is 1. The fourth-order valence-electron chi connectivity index (χ4n) is 4.04. The first-order chi connectivity index (χ1) is 13.3. The number of rotatable bonds is 11. The molecule has 0 unspecified atom stereocenters. The number of nitrogens with zero attached hydrogens (tertiary/aromatic N) is 1. The predicted molar refractivity (Wildman–Crippen MR) is 105 cm³/mol. The average Bonchev–Trinajstić information content (AvgIpc) is 2.95. The molecule has 5 nitrogen and oxygen atoms in total. The van der Waals surface area contributed by atoms with Crippen LogP contribution in [0.15, 0.2) is 24.3 Å². The van der Waals surface area contributed by atoms with E-state index in [4.69, 9.17) is 4.84 Å². The Morgan fingerprint density at radius 3 is 2.22 bits per heavy atom. The minimum Gasteiger partial charge on any atom is -0.302 e. The number of carbonyl (C=O) groups excluding carboxylic acids is 2. The lowest BCUT2D eigenvalue weighted by molar-refractivity contribution is 0.00860. The van der Waals surface area contributed by atoms with E-state index in [0.29, 0.717) is 17.7 Å². The molecule has 0 atom stereocenters. The van der Waals surface area contributed by atoms with Crippen LogP contribution < -0.4 is 5.48 Å². The maximum Gasteiger partial charge on any atom is 0.261 e. The van der Waals surface area contributed by atoms with Crippen LogP contribution in [-0.4, -0.2) is 36.4 Å². The highest BCUT2D eigenvalue weighted by Crippen LogP contribution is 2.24. The molecule has 1 aromatic carbocycles. The van der Waals surface area contributed by atoms with E-state index in [1.165, 1.54) is 37.0 Å². The molecule has 2 aliphatic rings. The summed E-state index contributed by atoms with van der Waals surface area (Å²) in [4.78, 5) is 31.5. The zero-order valence-electron chi connectivity index (χ0n) is 16.3. The van der Waals surface area contributed by atoms with E-state index < -0.39 is 0 Å². The molecule has 148 valence electrons. The molecule has 1 heterocycles. The van der Waals surface area contributed by atoms with Gasteiger partial charge in [0.15, 0.2) is 0 Å². The number of hydroxylamine groups is 1. The molecule has 1 saturated carbocycles. The van der Waals surface area contributed by atoms with Crippen LogP contribution in [0.1, 0.15) is 84.9 Å². The monoisotopic (exact) mass is 372 g/mol. The number of nitrogens with one attached hydrogen (secondary N) is 1. The van der Waals surface area contributed by atoms with Gasteiger partial charge in [0.05, 0.1) is 17.7 Å². The lowest BCUT2D eigenvalue weighted by atomic mass is 9.90. The zero-order valence-corrected chi connectivity index (χ0v) is 16.3. The standard InChI is InChI=1S/C22H32N2O3/c25-21-19-13-7-8-14-20(19)22(26)24(21)16-10-3-1-2-9-15-23-27-17-18-11-5-4-6-12-18/h7-8,13-14,18,23H,1-6,9-12,15-17H2. The largest absolute Gasteiger partial charge is 0.302 e. The summed E-state index contributed by atoms with van der Waals surface area (Å²) in [6, 6.07) is 7.08. The van der Waals surface area contributed by atoms with Crippen LogP contribution >= 0.6 is 0 Å². The molecular weight excluding hydrogens is 340 g/mol. The van der Waals surface area contributed by atoms with Crippen molar-refractivity contribution < 1.29 is 14.4 Å². The molecule has 0 aromatic heterocycles. The summed E-state index contributed by atoms with van der Waals surface area (Å²) in [6.07, 6.45) is 12.0. The van der Waals surface area contributed by atoms with Gasteiger partial charge >= 0.3 is 0 Å². The first kappa shape index (κ1) is 20.0. The Hall–Kier alpha value is -1.72. The van der Waals surface area contributed by atoms with E-state index in [1.54, 1.807) is 24.3 Å². The summed E-state index contributed by atoms with van der Waals surface area (Å²) in [5, 5.41) is 0. The van der Waals surface area contributed by atoms with Crippen molar-refractivity contribution in [2.45, 2.75) is 64.2 Å². The molecule has 1 aliphatic heterocycles. The maximum absolute atomic E-state index is 12.3. The number of hydrogen-bond acceptors (Lipinski definition) is 4. The normalized spacial score (nSPS) is 17.6. The molecule has 0 radical (unpaired) electrons. The van der Waals surface area contributed by atoms with Gasteiger partial charge in [-0.2, -0.15) is 0 Å². The molecule has 0 saturated heterocycles. The molecule has 3 rings (SSSR count). The summed E-state index contributed by atoms with van der Waals surface area (Å²) in [7, 11) is 0. The van der Waals surface area contributed by atoms with Gasteiger partial charge in [0, 0.05) is 13.1 Å².